The number of rotatable bonds is 4. The van der Waals surface area contributed by atoms with Gasteiger partial charge in [0, 0.05) is 38.0 Å². The van der Waals surface area contributed by atoms with E-state index < -0.39 is 19.9 Å². The van der Waals surface area contributed by atoms with Crippen molar-refractivity contribution in [3.8, 4) is 0 Å². The molecule has 1 aliphatic heterocycles. The Hall–Kier alpha value is -2.23. The number of benzene rings is 2. The van der Waals surface area contributed by atoms with E-state index in [9.17, 15) is 21.6 Å². The van der Waals surface area contributed by atoms with Crippen molar-refractivity contribution in [3.63, 3.8) is 0 Å². The van der Waals surface area contributed by atoms with Gasteiger partial charge in [-0.1, -0.05) is 23.8 Å². The molecule has 3 rings (SSSR count). The summed E-state index contributed by atoms with van der Waals surface area (Å²) >= 11 is 0. The van der Waals surface area contributed by atoms with E-state index in [0.29, 0.717) is 24.1 Å². The number of carbonyl (C=O) groups excluding carboxylic acids is 1. The van der Waals surface area contributed by atoms with Gasteiger partial charge >= 0.3 is 0 Å². The van der Waals surface area contributed by atoms with E-state index in [2.05, 4.69) is 0 Å². The van der Waals surface area contributed by atoms with Crippen LogP contribution in [0.5, 0.6) is 0 Å². The SMILES string of the molecule is Cc1cccc(C(=O)N2CCCN(S(=O)(=O)c3cc(S(C)(=O)=O)ccc3C)CC2)c1. The van der Waals surface area contributed by atoms with Crippen LogP contribution in [0, 0.1) is 13.8 Å². The molecule has 1 saturated heterocycles. The zero-order chi connectivity index (χ0) is 22.1. The molecular weight excluding hydrogens is 424 g/mol. The second-order valence-corrected chi connectivity index (χ2v) is 11.5. The molecule has 30 heavy (non-hydrogen) atoms. The van der Waals surface area contributed by atoms with Gasteiger partial charge in [-0.2, -0.15) is 4.31 Å². The molecule has 2 aromatic rings. The Morgan fingerprint density at radius 3 is 2.30 bits per heavy atom. The molecule has 0 saturated carbocycles. The van der Waals surface area contributed by atoms with Crippen molar-refractivity contribution >= 4 is 25.8 Å². The molecule has 7 nitrogen and oxygen atoms in total. The molecule has 0 radical (unpaired) electrons. The number of carbonyl (C=O) groups is 1. The first kappa shape index (κ1) is 22.5. The molecule has 1 fully saturated rings. The fraction of sp³-hybridized carbons (Fsp3) is 0.381. The second-order valence-electron chi connectivity index (χ2n) is 7.62. The van der Waals surface area contributed by atoms with Crippen LogP contribution >= 0.6 is 0 Å². The van der Waals surface area contributed by atoms with E-state index in [1.807, 2.05) is 25.1 Å². The van der Waals surface area contributed by atoms with Gasteiger partial charge in [0.05, 0.1) is 9.79 Å². The zero-order valence-corrected chi connectivity index (χ0v) is 19.0. The van der Waals surface area contributed by atoms with Crippen LogP contribution in [0.15, 0.2) is 52.3 Å². The lowest BCUT2D eigenvalue weighted by Crippen LogP contribution is -2.37. The van der Waals surface area contributed by atoms with E-state index in [-0.39, 0.29) is 35.3 Å². The molecule has 2 aromatic carbocycles. The van der Waals surface area contributed by atoms with E-state index in [4.69, 9.17) is 0 Å². The lowest BCUT2D eigenvalue weighted by Gasteiger charge is -2.23. The lowest BCUT2D eigenvalue weighted by molar-refractivity contribution is 0.0764. The van der Waals surface area contributed by atoms with Crippen LogP contribution in [0.2, 0.25) is 0 Å². The fourth-order valence-corrected chi connectivity index (χ4v) is 5.97. The van der Waals surface area contributed by atoms with Crippen LogP contribution in [0.3, 0.4) is 0 Å². The molecule has 9 heteroatoms. The number of hydrogen-bond donors (Lipinski definition) is 0. The standard InChI is InChI=1S/C21H26N2O5S2/c1-16-6-4-7-18(14-16)21(24)22-10-5-11-23(13-12-22)30(27,28)20-15-19(29(3,25)26)9-8-17(20)2/h4,6-9,14-15H,5,10-13H2,1-3H3. The Balaban J connectivity index is 1.83. The summed E-state index contributed by atoms with van der Waals surface area (Å²) in [5.41, 5.74) is 2.06. The van der Waals surface area contributed by atoms with Crippen molar-refractivity contribution in [2.45, 2.75) is 30.1 Å². The summed E-state index contributed by atoms with van der Waals surface area (Å²) in [5.74, 6) is -0.117. The summed E-state index contributed by atoms with van der Waals surface area (Å²) in [7, 11) is -7.42. The first-order valence-corrected chi connectivity index (χ1v) is 13.0. The molecule has 0 bridgehead atoms. The minimum Gasteiger partial charge on any atom is -0.337 e. The number of sulfone groups is 1. The smallest absolute Gasteiger partial charge is 0.253 e. The Labute approximate surface area is 178 Å². The van der Waals surface area contributed by atoms with Crippen LogP contribution in [0.25, 0.3) is 0 Å². The van der Waals surface area contributed by atoms with Gasteiger partial charge in [-0.3, -0.25) is 4.79 Å². The minimum atomic E-state index is -3.89. The predicted molar refractivity (Wildman–Crippen MR) is 115 cm³/mol. The first-order chi connectivity index (χ1) is 14.0. The zero-order valence-electron chi connectivity index (χ0n) is 17.3. The summed E-state index contributed by atoms with van der Waals surface area (Å²) in [5, 5.41) is 0. The summed E-state index contributed by atoms with van der Waals surface area (Å²) in [6.45, 7) is 4.72. The Bertz CT molecular complexity index is 1170. The van der Waals surface area contributed by atoms with E-state index >= 15 is 0 Å². The van der Waals surface area contributed by atoms with Gasteiger partial charge in [-0.25, -0.2) is 16.8 Å². The van der Waals surface area contributed by atoms with E-state index in [1.54, 1.807) is 17.9 Å². The highest BCUT2D eigenvalue weighted by Gasteiger charge is 2.30. The maximum Gasteiger partial charge on any atom is 0.253 e. The van der Waals surface area contributed by atoms with Crippen LogP contribution < -0.4 is 0 Å². The molecule has 0 aliphatic carbocycles. The van der Waals surface area contributed by atoms with Crippen molar-refractivity contribution in [2.24, 2.45) is 0 Å². The monoisotopic (exact) mass is 450 g/mol. The summed E-state index contributed by atoms with van der Waals surface area (Å²) in [6, 6.07) is 11.5. The molecule has 0 aromatic heterocycles. The molecular formula is C21H26N2O5S2. The number of hydrogen-bond acceptors (Lipinski definition) is 5. The molecule has 0 spiro atoms. The van der Waals surface area contributed by atoms with Crippen molar-refractivity contribution in [1.82, 2.24) is 9.21 Å². The van der Waals surface area contributed by atoms with Crippen molar-refractivity contribution < 1.29 is 21.6 Å². The second kappa shape index (κ2) is 8.49. The van der Waals surface area contributed by atoms with Crippen LogP contribution in [-0.4, -0.2) is 64.4 Å². The lowest BCUT2D eigenvalue weighted by atomic mass is 10.1. The number of amides is 1. The largest absolute Gasteiger partial charge is 0.337 e. The van der Waals surface area contributed by atoms with Crippen LogP contribution in [0.4, 0.5) is 0 Å². The molecule has 0 unspecified atom stereocenters. The predicted octanol–water partition coefficient (Wildman–Crippen LogP) is 2.24. The highest BCUT2D eigenvalue weighted by molar-refractivity contribution is 7.91. The van der Waals surface area contributed by atoms with Crippen molar-refractivity contribution in [2.75, 3.05) is 32.4 Å². The first-order valence-electron chi connectivity index (χ1n) is 9.67. The minimum absolute atomic E-state index is 0.0103. The fourth-order valence-electron chi connectivity index (χ4n) is 3.53. The van der Waals surface area contributed by atoms with Gasteiger partial charge in [0.15, 0.2) is 9.84 Å². The highest BCUT2D eigenvalue weighted by Crippen LogP contribution is 2.25. The molecule has 1 aliphatic rings. The quantitative estimate of drug-likeness (QED) is 0.712. The van der Waals surface area contributed by atoms with Gasteiger partial charge in [0.1, 0.15) is 0 Å². The highest BCUT2D eigenvalue weighted by atomic mass is 32.2. The molecule has 0 atom stereocenters. The maximum absolute atomic E-state index is 13.3. The Morgan fingerprint density at radius 1 is 0.900 bits per heavy atom. The van der Waals surface area contributed by atoms with E-state index in [0.717, 1.165) is 11.8 Å². The summed E-state index contributed by atoms with van der Waals surface area (Å²) in [4.78, 5) is 14.5. The van der Waals surface area contributed by atoms with Gasteiger partial charge < -0.3 is 4.90 Å². The molecule has 1 heterocycles. The summed E-state index contributed by atoms with van der Waals surface area (Å²) in [6.07, 6.45) is 1.55. The maximum atomic E-state index is 13.3. The summed E-state index contributed by atoms with van der Waals surface area (Å²) < 4.78 is 51.6. The topological polar surface area (TPSA) is 91.8 Å². The number of sulfonamides is 1. The van der Waals surface area contributed by atoms with Gasteiger partial charge in [-0.05, 0) is 50.1 Å². The Morgan fingerprint density at radius 2 is 1.63 bits per heavy atom. The third-order valence-corrected chi connectivity index (χ3v) is 8.36. The number of aryl methyl sites for hydroxylation is 2. The van der Waals surface area contributed by atoms with Crippen molar-refractivity contribution in [1.29, 1.82) is 0 Å². The molecule has 162 valence electrons. The van der Waals surface area contributed by atoms with Gasteiger partial charge in [0.2, 0.25) is 10.0 Å². The third kappa shape index (κ3) is 4.74. The average Bonchev–Trinajstić information content (AvgIpc) is 2.93. The third-order valence-electron chi connectivity index (χ3n) is 5.21. The molecule has 0 N–H and O–H groups in total. The van der Waals surface area contributed by atoms with Gasteiger partial charge in [0.25, 0.3) is 5.91 Å². The molecule has 1 amide bonds. The normalized spacial score (nSPS) is 16.3. The Kier molecular flexibility index (Phi) is 6.35. The van der Waals surface area contributed by atoms with Gasteiger partial charge in [-0.15, -0.1) is 0 Å². The van der Waals surface area contributed by atoms with Crippen molar-refractivity contribution in [3.05, 3.63) is 59.2 Å². The number of nitrogens with zero attached hydrogens (tertiary/aromatic N) is 2. The average molecular weight is 451 g/mol. The van der Waals surface area contributed by atoms with Crippen LogP contribution in [0.1, 0.15) is 27.9 Å². The van der Waals surface area contributed by atoms with Crippen LogP contribution in [-0.2, 0) is 19.9 Å². The van der Waals surface area contributed by atoms with E-state index in [1.165, 1.54) is 22.5 Å².